The number of nitrogens with one attached hydrogen (secondary N) is 5. The molecule has 2 aliphatic heterocycles. The van der Waals surface area contributed by atoms with Crippen LogP contribution in [0.4, 0.5) is 30.2 Å². The smallest absolute Gasteiger partial charge is 0.406 e. The molecule has 372 valence electrons. The van der Waals surface area contributed by atoms with Crippen LogP contribution in [0.1, 0.15) is 71.3 Å². The van der Waals surface area contributed by atoms with Gasteiger partial charge in [0.05, 0.1) is 49.7 Å². The number of alkyl halides is 3. The number of hydrogen-bond acceptors (Lipinski definition) is 10. The number of anilines is 3. The number of carbonyl (C=O) groups is 3. The molecular formula is C53H63F3N8O6. The molecule has 2 aliphatic rings. The second kappa shape index (κ2) is 24.1. The first-order valence-electron chi connectivity index (χ1n) is 23.8. The fourth-order valence-corrected chi connectivity index (χ4v) is 8.95. The van der Waals surface area contributed by atoms with Gasteiger partial charge in [-0.1, -0.05) is 48.7 Å². The number of carbonyl (C=O) groups excluding carboxylic acids is 3. The normalized spacial score (nSPS) is 15.4. The van der Waals surface area contributed by atoms with E-state index in [1.807, 2.05) is 60.5 Å². The Morgan fingerprint density at radius 3 is 2.47 bits per heavy atom. The zero-order valence-corrected chi connectivity index (χ0v) is 40.0. The number of aromatic nitrogens is 1. The minimum absolute atomic E-state index is 0.0227. The van der Waals surface area contributed by atoms with Gasteiger partial charge in [-0.15, -0.1) is 0 Å². The third-order valence-electron chi connectivity index (χ3n) is 12.7. The summed E-state index contributed by atoms with van der Waals surface area (Å²) in [6.45, 7) is 2.58. The van der Waals surface area contributed by atoms with Crippen LogP contribution in [0.15, 0.2) is 84.9 Å². The fourth-order valence-electron chi connectivity index (χ4n) is 8.95. The molecule has 3 heterocycles. The molecule has 1 atom stereocenters. The molecule has 0 radical (unpaired) electrons. The molecule has 70 heavy (non-hydrogen) atoms. The van der Waals surface area contributed by atoms with Crippen molar-refractivity contribution in [3.8, 4) is 23.3 Å². The van der Waals surface area contributed by atoms with Crippen molar-refractivity contribution < 1.29 is 42.1 Å². The number of benzene rings is 4. The summed E-state index contributed by atoms with van der Waals surface area (Å²) >= 11 is 0. The molecule has 1 unspecified atom stereocenters. The summed E-state index contributed by atoms with van der Waals surface area (Å²) in [7, 11) is 4.89. The van der Waals surface area contributed by atoms with Crippen molar-refractivity contribution in [2.75, 3.05) is 76.1 Å². The van der Waals surface area contributed by atoms with Crippen LogP contribution in [-0.4, -0.2) is 111 Å². The van der Waals surface area contributed by atoms with E-state index in [-0.39, 0.29) is 55.2 Å². The van der Waals surface area contributed by atoms with E-state index in [1.165, 1.54) is 18.7 Å². The molecule has 7 rings (SSSR count). The second-order valence-corrected chi connectivity index (χ2v) is 17.9. The molecule has 17 heteroatoms. The number of unbranched alkanes of at least 4 members (excludes halogenated alkanes) is 2. The number of amides is 3. The number of piperidine rings is 1. The monoisotopic (exact) mass is 964 g/mol. The van der Waals surface area contributed by atoms with Crippen molar-refractivity contribution in [2.45, 2.75) is 82.9 Å². The zero-order valence-electron chi connectivity index (χ0n) is 40.0. The average Bonchev–Trinajstić information content (AvgIpc) is 3.69. The molecule has 4 aromatic carbocycles. The van der Waals surface area contributed by atoms with Gasteiger partial charge >= 0.3 is 6.18 Å². The Balaban J connectivity index is 0.809. The highest BCUT2D eigenvalue weighted by Crippen LogP contribution is 2.32. The Labute approximate surface area is 407 Å². The highest BCUT2D eigenvalue weighted by atomic mass is 19.4. The van der Waals surface area contributed by atoms with Crippen molar-refractivity contribution in [3.63, 3.8) is 0 Å². The van der Waals surface area contributed by atoms with E-state index in [0.717, 1.165) is 79.8 Å². The lowest BCUT2D eigenvalue weighted by atomic mass is 10.0. The molecule has 0 aliphatic carbocycles. The third kappa shape index (κ3) is 14.1. The van der Waals surface area contributed by atoms with Crippen molar-refractivity contribution in [2.24, 2.45) is 0 Å². The number of rotatable bonds is 19. The average molecular weight is 965 g/mol. The summed E-state index contributed by atoms with van der Waals surface area (Å²) in [6, 6.07) is 25.6. The van der Waals surface area contributed by atoms with Crippen molar-refractivity contribution in [1.29, 1.82) is 0 Å². The first-order valence-corrected chi connectivity index (χ1v) is 23.8. The Morgan fingerprint density at radius 2 is 1.73 bits per heavy atom. The standard InChI is InChI=1S/C53H63F3N8O6/c1-57-52(68)39-18-20-46(49(28-39)69-3)58-23-8-9-42-29-44-45(10-7-11-47(44)64(42)35-53(54,55)56)60-40-21-25-63(26-22-40)24-6-4-5-12-50(66)59-31-36-13-15-37(16-14-36)34-70-43-19-17-38-27-41(33-65)61-51(67)32-62(2)48(38)30-43/h7,10-11,13-20,28-30,40-41,58,60,65H,4-6,12,21-27,31-35H2,1-3H3,(H,57,68)(H,59,66)(H,61,67). The maximum absolute atomic E-state index is 13.9. The SMILES string of the molecule is CNC(=O)c1ccc(NCC#Cc2cc3c(NC4CCN(CCCCCC(=O)NCc5ccc(COc6ccc7c(c6)N(C)CC(=O)NC(CO)C7)cc5)CC4)cccc3n2CC(F)(F)F)c(OC)c1. The van der Waals surface area contributed by atoms with E-state index in [4.69, 9.17) is 9.47 Å². The van der Waals surface area contributed by atoms with Gasteiger partial charge in [0, 0.05) is 74.6 Å². The number of fused-ring (bicyclic) bond motifs is 2. The first-order chi connectivity index (χ1) is 33.8. The van der Waals surface area contributed by atoms with E-state index in [0.29, 0.717) is 59.6 Å². The maximum Gasteiger partial charge on any atom is 0.406 e. The summed E-state index contributed by atoms with van der Waals surface area (Å²) in [5.41, 5.74) is 6.43. The van der Waals surface area contributed by atoms with Gasteiger partial charge in [-0.3, -0.25) is 14.4 Å². The molecule has 14 nitrogen and oxygen atoms in total. The Bertz CT molecular complexity index is 2650. The minimum Gasteiger partial charge on any atom is -0.495 e. The van der Waals surface area contributed by atoms with Gasteiger partial charge in [0.1, 0.15) is 24.7 Å². The third-order valence-corrected chi connectivity index (χ3v) is 12.7. The predicted molar refractivity (Wildman–Crippen MR) is 266 cm³/mol. The van der Waals surface area contributed by atoms with E-state index in [1.54, 1.807) is 36.4 Å². The fraction of sp³-hybridized carbons (Fsp3) is 0.415. The van der Waals surface area contributed by atoms with Crippen LogP contribution in [0.5, 0.6) is 11.5 Å². The molecular weight excluding hydrogens is 902 g/mol. The Hall–Kier alpha value is -6.90. The van der Waals surface area contributed by atoms with Gasteiger partial charge in [-0.05, 0) is 104 Å². The summed E-state index contributed by atoms with van der Waals surface area (Å²) in [5, 5.41) is 25.6. The lowest BCUT2D eigenvalue weighted by molar-refractivity contribution is -0.140. The minimum atomic E-state index is -4.45. The van der Waals surface area contributed by atoms with Crippen LogP contribution in [0.3, 0.4) is 0 Å². The van der Waals surface area contributed by atoms with E-state index >= 15 is 0 Å². The number of methoxy groups -OCH3 is 1. The molecule has 1 saturated heterocycles. The van der Waals surface area contributed by atoms with Gasteiger partial charge in [-0.2, -0.15) is 13.2 Å². The van der Waals surface area contributed by atoms with Gasteiger partial charge < -0.3 is 55.5 Å². The second-order valence-electron chi connectivity index (χ2n) is 17.9. The number of ether oxygens (including phenoxy) is 2. The first kappa shape index (κ1) is 51.0. The number of nitrogens with zero attached hydrogens (tertiary/aromatic N) is 3. The van der Waals surface area contributed by atoms with Gasteiger partial charge in [0.2, 0.25) is 11.8 Å². The van der Waals surface area contributed by atoms with Gasteiger partial charge in [0.25, 0.3) is 5.91 Å². The van der Waals surface area contributed by atoms with Crippen LogP contribution >= 0.6 is 0 Å². The summed E-state index contributed by atoms with van der Waals surface area (Å²) < 4.78 is 54.3. The number of likely N-dealkylation sites (N-methyl/N-ethyl adjacent to an activating group) is 1. The molecule has 0 bridgehead atoms. The summed E-state index contributed by atoms with van der Waals surface area (Å²) in [6.07, 6.45) is 1.06. The van der Waals surface area contributed by atoms with Crippen molar-refractivity contribution >= 4 is 45.7 Å². The van der Waals surface area contributed by atoms with Crippen LogP contribution in [0.2, 0.25) is 0 Å². The Morgan fingerprint density at radius 1 is 0.943 bits per heavy atom. The highest BCUT2D eigenvalue weighted by molar-refractivity contribution is 5.95. The molecule has 1 fully saturated rings. The van der Waals surface area contributed by atoms with Gasteiger partial charge in [0.15, 0.2) is 0 Å². The van der Waals surface area contributed by atoms with E-state index < -0.39 is 12.7 Å². The number of halogens is 3. The van der Waals surface area contributed by atoms with Crippen LogP contribution in [0, 0.1) is 11.8 Å². The quantitative estimate of drug-likeness (QED) is 0.0382. The van der Waals surface area contributed by atoms with Crippen molar-refractivity contribution in [3.05, 3.63) is 113 Å². The number of likely N-dealkylation sites (tertiary alicyclic amines) is 1. The van der Waals surface area contributed by atoms with Crippen LogP contribution in [-0.2, 0) is 35.7 Å². The largest absolute Gasteiger partial charge is 0.495 e. The lowest BCUT2D eigenvalue weighted by Gasteiger charge is -2.33. The van der Waals surface area contributed by atoms with Crippen molar-refractivity contribution in [1.82, 2.24) is 25.4 Å². The topological polar surface area (TPSA) is 161 Å². The molecule has 6 N–H and O–H groups in total. The summed E-state index contributed by atoms with van der Waals surface area (Å²) in [5.74, 6) is 6.67. The number of aliphatic hydroxyl groups is 1. The molecule has 0 saturated carbocycles. The summed E-state index contributed by atoms with van der Waals surface area (Å²) in [4.78, 5) is 41.3. The van der Waals surface area contributed by atoms with E-state index in [2.05, 4.69) is 43.3 Å². The molecule has 0 spiro atoms. The highest BCUT2D eigenvalue weighted by Gasteiger charge is 2.30. The van der Waals surface area contributed by atoms with Crippen LogP contribution < -0.4 is 41.0 Å². The Kier molecular flexibility index (Phi) is 17.5. The van der Waals surface area contributed by atoms with E-state index in [9.17, 15) is 32.7 Å². The maximum atomic E-state index is 13.9. The zero-order chi connectivity index (χ0) is 49.6. The van der Waals surface area contributed by atoms with Crippen LogP contribution in [0.25, 0.3) is 10.9 Å². The number of aliphatic hydroxyl groups excluding tert-OH is 1. The predicted octanol–water partition coefficient (Wildman–Crippen LogP) is 6.84. The number of hydrogen-bond donors (Lipinski definition) is 6. The molecule has 5 aromatic rings. The molecule has 1 aromatic heterocycles. The van der Waals surface area contributed by atoms with Gasteiger partial charge in [-0.25, -0.2) is 0 Å². The lowest BCUT2D eigenvalue weighted by Crippen LogP contribution is -2.46. The molecule has 3 amide bonds.